The summed E-state index contributed by atoms with van der Waals surface area (Å²) in [7, 11) is -2.52. The van der Waals surface area contributed by atoms with E-state index in [1.54, 1.807) is 13.0 Å². The van der Waals surface area contributed by atoms with Crippen molar-refractivity contribution in [3.63, 3.8) is 0 Å². The van der Waals surface area contributed by atoms with Gasteiger partial charge in [0.2, 0.25) is 10.0 Å². The van der Waals surface area contributed by atoms with Crippen molar-refractivity contribution in [1.82, 2.24) is 13.9 Å². The molecule has 0 amide bonds. The largest absolute Gasteiger partial charge is 0.359 e. The molecule has 1 aliphatic heterocycles. The molecule has 0 spiro atoms. The van der Waals surface area contributed by atoms with Gasteiger partial charge >= 0.3 is 0 Å². The van der Waals surface area contributed by atoms with Crippen molar-refractivity contribution in [3.8, 4) is 0 Å². The molecule has 7 nitrogen and oxygen atoms in total. The zero-order valence-electron chi connectivity index (χ0n) is 18.1. The van der Waals surface area contributed by atoms with Crippen molar-refractivity contribution in [1.29, 1.82) is 0 Å². The molecule has 0 saturated carbocycles. The molecule has 2 atom stereocenters. The number of nitrogens with zero attached hydrogens (tertiary/aromatic N) is 4. The molecule has 0 N–H and O–H groups in total. The van der Waals surface area contributed by atoms with E-state index in [1.165, 1.54) is 42.4 Å². The van der Waals surface area contributed by atoms with Crippen molar-refractivity contribution in [2.24, 2.45) is 0 Å². The minimum absolute atomic E-state index is 0.0278. The van der Waals surface area contributed by atoms with Gasteiger partial charge in [0.25, 0.3) is 0 Å². The molecule has 1 aliphatic rings. The lowest BCUT2D eigenvalue weighted by atomic mass is 10.0. The lowest BCUT2D eigenvalue weighted by molar-refractivity contribution is 0.102. The fourth-order valence-corrected chi connectivity index (χ4v) is 5.19. The number of hydrogen-bond acceptors (Lipinski definition) is 5. The average molecular weight is 481 g/mol. The van der Waals surface area contributed by atoms with Gasteiger partial charge in [-0.3, -0.25) is 4.79 Å². The first-order valence-corrected chi connectivity index (χ1v) is 12.0. The third-order valence-corrected chi connectivity index (χ3v) is 7.76. The summed E-state index contributed by atoms with van der Waals surface area (Å²) in [6.07, 6.45) is 1.35. The molecule has 1 aromatic carbocycles. The number of pyridine rings is 1. The molecule has 0 unspecified atom stereocenters. The Balaban J connectivity index is 1.74. The van der Waals surface area contributed by atoms with Crippen LogP contribution in [-0.4, -0.2) is 60.2 Å². The lowest BCUT2D eigenvalue weighted by Crippen LogP contribution is -2.32. The Morgan fingerprint density at radius 1 is 1.27 bits per heavy atom. The number of carbonyl (C=O) groups excluding carboxylic acids is 1. The number of carbonyl (C=O) groups is 1. The zero-order valence-corrected chi connectivity index (χ0v) is 18.9. The van der Waals surface area contributed by atoms with Gasteiger partial charge in [0, 0.05) is 32.8 Å². The second-order valence-corrected chi connectivity index (χ2v) is 10.1. The van der Waals surface area contributed by atoms with Crippen LogP contribution in [0.3, 0.4) is 0 Å². The number of fused-ring (bicyclic) bond motifs is 1. The van der Waals surface area contributed by atoms with Gasteiger partial charge in [0.1, 0.15) is 23.3 Å². The first kappa shape index (κ1) is 23.2. The van der Waals surface area contributed by atoms with E-state index in [0.29, 0.717) is 5.56 Å². The molecule has 0 aliphatic carbocycles. The number of rotatable bonds is 7. The average Bonchev–Trinajstić information content (AvgIpc) is 3.37. The fourth-order valence-electron chi connectivity index (χ4n) is 4.09. The highest BCUT2D eigenvalue weighted by Gasteiger charge is 2.36. The third kappa shape index (κ3) is 4.34. The van der Waals surface area contributed by atoms with Crippen molar-refractivity contribution < 1.29 is 26.4 Å². The van der Waals surface area contributed by atoms with Gasteiger partial charge in [0.05, 0.1) is 23.5 Å². The Hall–Kier alpha value is -2.92. The molecular formula is C22H23F3N4O3S. The quantitative estimate of drug-likeness (QED) is 0.485. The van der Waals surface area contributed by atoms with Gasteiger partial charge in [0.15, 0.2) is 11.6 Å². The Kier molecular flexibility index (Phi) is 6.19. The van der Waals surface area contributed by atoms with Crippen molar-refractivity contribution in [2.45, 2.75) is 25.6 Å². The first-order chi connectivity index (χ1) is 15.6. The van der Waals surface area contributed by atoms with Crippen LogP contribution in [0.25, 0.3) is 5.52 Å². The zero-order chi connectivity index (χ0) is 23.9. The van der Waals surface area contributed by atoms with E-state index in [2.05, 4.69) is 5.10 Å². The van der Waals surface area contributed by atoms with Crippen LogP contribution in [0.5, 0.6) is 0 Å². The molecule has 33 heavy (non-hydrogen) atoms. The predicted molar refractivity (Wildman–Crippen MR) is 118 cm³/mol. The molecule has 3 heterocycles. The number of Topliss-reactive ketones (excluding diaryl/α,β-unsaturated/α-hetero) is 1. The molecule has 1 fully saturated rings. The number of halogens is 3. The molecule has 3 aromatic rings. The standard InChI is InChI=1S/C22H23F3N4O3S/c1-3-27(2)33(31,32)13-20(30)17-11-26-29-8-7-18(21(25)22(17)29)28-12-16(24)10-19(28)14-5-4-6-15(23)9-14/h4-9,11,16,19H,3,10,12-13H2,1-2H3/t16-,19+/m0/s1. The maximum absolute atomic E-state index is 15.7. The number of anilines is 1. The highest BCUT2D eigenvalue weighted by Crippen LogP contribution is 2.39. The lowest BCUT2D eigenvalue weighted by Gasteiger charge is -2.27. The number of ketones is 1. The minimum Gasteiger partial charge on any atom is -0.359 e. The first-order valence-electron chi connectivity index (χ1n) is 10.4. The molecule has 176 valence electrons. The van der Waals surface area contributed by atoms with E-state index in [1.807, 2.05) is 0 Å². The van der Waals surface area contributed by atoms with Crippen LogP contribution in [0, 0.1) is 11.6 Å². The normalized spacial score (nSPS) is 19.0. The number of sulfonamides is 1. The molecule has 2 aromatic heterocycles. The second-order valence-electron chi connectivity index (χ2n) is 8.02. The monoisotopic (exact) mass is 480 g/mol. The number of benzene rings is 1. The highest BCUT2D eigenvalue weighted by atomic mass is 32.2. The van der Waals surface area contributed by atoms with Crippen molar-refractivity contribution >= 4 is 27.0 Å². The molecular weight excluding hydrogens is 457 g/mol. The summed E-state index contributed by atoms with van der Waals surface area (Å²) in [4.78, 5) is 14.3. The summed E-state index contributed by atoms with van der Waals surface area (Å²) in [5.41, 5.74) is 0.167. The summed E-state index contributed by atoms with van der Waals surface area (Å²) < 4.78 is 70.7. The molecule has 4 rings (SSSR count). The van der Waals surface area contributed by atoms with E-state index in [-0.39, 0.29) is 36.3 Å². The Morgan fingerprint density at radius 2 is 2.03 bits per heavy atom. The number of alkyl halides is 1. The Labute approximate surface area is 189 Å². The summed E-state index contributed by atoms with van der Waals surface area (Å²) in [6, 6.07) is 6.53. The van der Waals surface area contributed by atoms with E-state index < -0.39 is 45.4 Å². The van der Waals surface area contributed by atoms with Gasteiger partial charge in [-0.05, 0) is 23.8 Å². The summed E-state index contributed by atoms with van der Waals surface area (Å²) in [6.45, 7) is 1.71. The smallest absolute Gasteiger partial charge is 0.221 e. The summed E-state index contributed by atoms with van der Waals surface area (Å²) in [5.74, 6) is -2.93. The van der Waals surface area contributed by atoms with E-state index in [9.17, 15) is 22.0 Å². The Bertz CT molecular complexity index is 1310. The SMILES string of the molecule is CCN(C)S(=O)(=O)CC(=O)c1cnn2ccc(N3C[C@@H](F)C[C@@H]3c3cccc(F)c3)c(F)c12. The summed E-state index contributed by atoms with van der Waals surface area (Å²) in [5, 5.41) is 3.97. The van der Waals surface area contributed by atoms with Crippen LogP contribution in [0.2, 0.25) is 0 Å². The molecule has 1 saturated heterocycles. The number of hydrogen-bond donors (Lipinski definition) is 0. The molecule has 11 heteroatoms. The van der Waals surface area contributed by atoms with E-state index >= 15 is 4.39 Å². The topological polar surface area (TPSA) is 75.0 Å². The van der Waals surface area contributed by atoms with E-state index in [4.69, 9.17) is 0 Å². The second kappa shape index (κ2) is 8.79. The maximum Gasteiger partial charge on any atom is 0.221 e. The maximum atomic E-state index is 15.7. The van der Waals surface area contributed by atoms with Gasteiger partial charge in [-0.2, -0.15) is 5.10 Å². The van der Waals surface area contributed by atoms with Crippen LogP contribution in [-0.2, 0) is 10.0 Å². The highest BCUT2D eigenvalue weighted by molar-refractivity contribution is 7.89. The Morgan fingerprint density at radius 3 is 2.73 bits per heavy atom. The minimum atomic E-state index is -3.87. The van der Waals surface area contributed by atoms with Gasteiger partial charge in [-0.15, -0.1) is 0 Å². The molecule has 0 radical (unpaired) electrons. The fraction of sp³-hybridized carbons (Fsp3) is 0.364. The van der Waals surface area contributed by atoms with Gasteiger partial charge < -0.3 is 4.90 Å². The van der Waals surface area contributed by atoms with Crippen LogP contribution in [0.1, 0.15) is 35.3 Å². The van der Waals surface area contributed by atoms with Crippen molar-refractivity contribution in [2.75, 3.05) is 30.8 Å². The molecule has 0 bridgehead atoms. The van der Waals surface area contributed by atoms with Crippen LogP contribution >= 0.6 is 0 Å². The summed E-state index contributed by atoms with van der Waals surface area (Å²) >= 11 is 0. The number of aromatic nitrogens is 2. The van der Waals surface area contributed by atoms with Gasteiger partial charge in [-0.1, -0.05) is 19.1 Å². The third-order valence-electron chi connectivity index (χ3n) is 5.93. The van der Waals surface area contributed by atoms with Crippen LogP contribution in [0.4, 0.5) is 18.9 Å². The van der Waals surface area contributed by atoms with Gasteiger partial charge in [-0.25, -0.2) is 30.4 Å². The van der Waals surface area contributed by atoms with Crippen LogP contribution < -0.4 is 4.90 Å². The predicted octanol–water partition coefficient (Wildman–Crippen LogP) is 3.37. The van der Waals surface area contributed by atoms with Crippen LogP contribution in [0.15, 0.2) is 42.7 Å². The van der Waals surface area contributed by atoms with Crippen molar-refractivity contribution in [3.05, 3.63) is 65.5 Å². The van der Waals surface area contributed by atoms with E-state index in [0.717, 1.165) is 15.0 Å².